The normalized spacial score (nSPS) is 32.7. The first-order valence-corrected chi connectivity index (χ1v) is 13.4. The number of rotatable bonds is 9. The van der Waals surface area contributed by atoms with E-state index in [0.717, 1.165) is 5.56 Å². The quantitative estimate of drug-likeness (QED) is 0.362. The van der Waals surface area contributed by atoms with Crippen molar-refractivity contribution in [1.29, 1.82) is 0 Å². The highest BCUT2D eigenvalue weighted by molar-refractivity contribution is 9.09. The fraction of sp³-hybridized carbons (Fsp3) is 0.560. The zero-order valence-electron chi connectivity index (χ0n) is 19.3. The van der Waals surface area contributed by atoms with Crippen LogP contribution in [0, 0.1) is 11.8 Å². The summed E-state index contributed by atoms with van der Waals surface area (Å²) in [5.41, 5.74) is 0.937. The van der Waals surface area contributed by atoms with Crippen LogP contribution in [0.1, 0.15) is 25.8 Å². The van der Waals surface area contributed by atoms with Crippen molar-refractivity contribution in [2.45, 2.75) is 59.6 Å². The number of alkyl halides is 1. The van der Waals surface area contributed by atoms with E-state index in [4.69, 9.17) is 0 Å². The van der Waals surface area contributed by atoms with Gasteiger partial charge in [0, 0.05) is 22.7 Å². The number of nitrogens with zero attached hydrogens (tertiary/aromatic N) is 2. The minimum Gasteiger partial charge on any atom is -0.481 e. The van der Waals surface area contributed by atoms with Crippen LogP contribution in [0.5, 0.6) is 0 Å². The number of halogens is 1. The average Bonchev–Trinajstić information content (AvgIpc) is 3.39. The standard InChI is InChI=1S/C25H31BrN2O5S/c1-4-10-27(14(2)3)23(31)21-25-12-17(26)20(34-25)18(24(32)33)19(25)22(30)28(21)16(13-29)11-15-8-6-5-7-9-15/h4-9,14,16-21,29H,1,10-13H2,2-3H3,(H,32,33)/t16-,17?,18-,19+,20-,21?,25?/m1/s1. The summed E-state index contributed by atoms with van der Waals surface area (Å²) in [5, 5.41) is 20.2. The number of hydrogen-bond acceptors (Lipinski definition) is 5. The molecule has 184 valence electrons. The molecule has 0 radical (unpaired) electrons. The third-order valence-corrected chi connectivity index (χ3v) is 10.6. The van der Waals surface area contributed by atoms with Gasteiger partial charge >= 0.3 is 5.97 Å². The fourth-order valence-electron chi connectivity index (χ4n) is 6.01. The lowest BCUT2D eigenvalue weighted by Gasteiger charge is -2.41. The monoisotopic (exact) mass is 550 g/mol. The van der Waals surface area contributed by atoms with E-state index in [1.165, 1.54) is 16.7 Å². The van der Waals surface area contributed by atoms with E-state index in [0.29, 0.717) is 19.4 Å². The number of fused-ring (bicyclic) bond motifs is 1. The number of aliphatic hydroxyl groups is 1. The molecule has 3 aliphatic rings. The molecule has 34 heavy (non-hydrogen) atoms. The predicted octanol–water partition coefficient (Wildman–Crippen LogP) is 2.56. The average molecular weight is 552 g/mol. The number of carboxylic acids is 1. The van der Waals surface area contributed by atoms with Crippen LogP contribution >= 0.6 is 27.7 Å². The number of amides is 2. The van der Waals surface area contributed by atoms with Gasteiger partial charge in [-0.2, -0.15) is 0 Å². The Balaban J connectivity index is 1.82. The molecule has 7 nitrogen and oxygen atoms in total. The highest BCUT2D eigenvalue weighted by Gasteiger charge is 2.76. The second-order valence-corrected chi connectivity index (χ2v) is 12.4. The van der Waals surface area contributed by atoms with Gasteiger partial charge in [-0.3, -0.25) is 14.4 Å². The third kappa shape index (κ3) is 3.89. The molecule has 2 bridgehead atoms. The van der Waals surface area contributed by atoms with Crippen molar-refractivity contribution in [3.05, 3.63) is 48.6 Å². The minimum atomic E-state index is -1.01. The number of carbonyl (C=O) groups excluding carboxylic acids is 2. The molecule has 9 heteroatoms. The molecule has 2 N–H and O–H groups in total. The Hall–Kier alpha value is -1.84. The Kier molecular flexibility index (Phi) is 7.18. The smallest absolute Gasteiger partial charge is 0.308 e. The van der Waals surface area contributed by atoms with Gasteiger partial charge in [0.15, 0.2) is 0 Å². The molecule has 3 fully saturated rings. The van der Waals surface area contributed by atoms with Crippen LogP contribution in [0.3, 0.4) is 0 Å². The summed E-state index contributed by atoms with van der Waals surface area (Å²) in [6, 6.07) is 7.91. The van der Waals surface area contributed by atoms with E-state index >= 15 is 0 Å². The molecule has 3 aliphatic heterocycles. The van der Waals surface area contributed by atoms with E-state index in [9.17, 15) is 24.6 Å². The summed E-state index contributed by atoms with van der Waals surface area (Å²) in [4.78, 5) is 43.6. The van der Waals surface area contributed by atoms with Gasteiger partial charge in [-0.05, 0) is 32.3 Å². The van der Waals surface area contributed by atoms with Gasteiger partial charge in [-0.25, -0.2) is 0 Å². The first-order valence-electron chi connectivity index (χ1n) is 11.6. The Morgan fingerprint density at radius 2 is 2.03 bits per heavy atom. The lowest BCUT2D eigenvalue weighted by atomic mass is 9.71. The molecule has 1 aromatic rings. The third-order valence-electron chi connectivity index (χ3n) is 7.40. The van der Waals surface area contributed by atoms with Gasteiger partial charge in [-0.15, -0.1) is 18.3 Å². The highest BCUT2D eigenvalue weighted by Crippen LogP contribution is 2.68. The zero-order valence-corrected chi connectivity index (χ0v) is 21.7. The van der Waals surface area contributed by atoms with Crippen LogP contribution in [0.2, 0.25) is 0 Å². The van der Waals surface area contributed by atoms with E-state index in [1.807, 2.05) is 44.2 Å². The van der Waals surface area contributed by atoms with Crippen molar-refractivity contribution in [2.75, 3.05) is 13.2 Å². The maximum absolute atomic E-state index is 14.1. The van der Waals surface area contributed by atoms with E-state index in [1.54, 1.807) is 11.0 Å². The second-order valence-electron chi connectivity index (χ2n) is 9.65. The van der Waals surface area contributed by atoms with Crippen LogP contribution in [0.15, 0.2) is 43.0 Å². The minimum absolute atomic E-state index is 0.105. The molecule has 1 aromatic carbocycles. The zero-order chi connectivity index (χ0) is 24.8. The maximum Gasteiger partial charge on any atom is 0.308 e. The molecule has 1 spiro atoms. The Morgan fingerprint density at radius 1 is 1.35 bits per heavy atom. The van der Waals surface area contributed by atoms with E-state index < -0.39 is 34.6 Å². The van der Waals surface area contributed by atoms with Gasteiger partial charge in [0.25, 0.3) is 0 Å². The molecule has 4 rings (SSSR count). The highest BCUT2D eigenvalue weighted by atomic mass is 79.9. The van der Waals surface area contributed by atoms with Gasteiger partial charge in [0.05, 0.1) is 29.2 Å². The van der Waals surface area contributed by atoms with Crippen LogP contribution in [-0.4, -0.2) is 83.9 Å². The number of aliphatic hydroxyl groups excluding tert-OH is 1. The predicted molar refractivity (Wildman–Crippen MR) is 135 cm³/mol. The molecular formula is C25H31BrN2O5S. The number of carbonyl (C=O) groups is 3. The molecule has 2 amide bonds. The van der Waals surface area contributed by atoms with Gasteiger partial charge in [-0.1, -0.05) is 52.3 Å². The second kappa shape index (κ2) is 9.66. The number of aliphatic carboxylic acids is 1. The van der Waals surface area contributed by atoms with Crippen molar-refractivity contribution in [2.24, 2.45) is 11.8 Å². The molecule has 3 heterocycles. The molecular weight excluding hydrogens is 520 g/mol. The van der Waals surface area contributed by atoms with Crippen molar-refractivity contribution in [1.82, 2.24) is 9.80 Å². The van der Waals surface area contributed by atoms with Crippen molar-refractivity contribution in [3.8, 4) is 0 Å². The number of hydrogen-bond donors (Lipinski definition) is 2. The summed E-state index contributed by atoms with van der Waals surface area (Å²) in [6.45, 7) is 7.62. The van der Waals surface area contributed by atoms with Crippen molar-refractivity contribution in [3.63, 3.8) is 0 Å². The van der Waals surface area contributed by atoms with Crippen LogP contribution < -0.4 is 0 Å². The molecule has 0 saturated carbocycles. The first kappa shape index (κ1) is 25.3. The SMILES string of the molecule is C=CCN(C(=O)C1N([C@@H](CO)Cc2ccccc2)C(=O)[C@@H]2[C@@H](C(=O)O)[C@@H]3SC12CC3Br)C(C)C. The number of thioether (sulfide) groups is 1. The Morgan fingerprint density at radius 3 is 2.59 bits per heavy atom. The summed E-state index contributed by atoms with van der Waals surface area (Å²) in [5.74, 6) is -3.23. The molecule has 0 aromatic heterocycles. The summed E-state index contributed by atoms with van der Waals surface area (Å²) >= 11 is 5.13. The first-order chi connectivity index (χ1) is 16.2. The van der Waals surface area contributed by atoms with Gasteiger partial charge in [0.1, 0.15) is 6.04 Å². The molecule has 3 saturated heterocycles. The molecule has 3 unspecified atom stereocenters. The van der Waals surface area contributed by atoms with Gasteiger partial charge in [0.2, 0.25) is 11.8 Å². The maximum atomic E-state index is 14.1. The van der Waals surface area contributed by atoms with Crippen LogP contribution in [0.4, 0.5) is 0 Å². The van der Waals surface area contributed by atoms with Crippen molar-refractivity contribution >= 4 is 45.5 Å². The summed E-state index contributed by atoms with van der Waals surface area (Å²) < 4.78 is -0.853. The van der Waals surface area contributed by atoms with E-state index in [-0.39, 0.29) is 34.5 Å². The van der Waals surface area contributed by atoms with Gasteiger partial charge < -0.3 is 20.0 Å². The topological polar surface area (TPSA) is 98.2 Å². The lowest BCUT2D eigenvalue weighted by Crippen LogP contribution is -2.59. The number of likely N-dealkylation sites (tertiary alicyclic amines) is 1. The Bertz CT molecular complexity index is 975. The largest absolute Gasteiger partial charge is 0.481 e. The van der Waals surface area contributed by atoms with E-state index in [2.05, 4.69) is 22.5 Å². The number of benzene rings is 1. The van der Waals surface area contributed by atoms with Crippen LogP contribution in [0.25, 0.3) is 0 Å². The lowest BCUT2D eigenvalue weighted by molar-refractivity contribution is -0.150. The Labute approximate surface area is 212 Å². The van der Waals surface area contributed by atoms with Crippen molar-refractivity contribution < 1.29 is 24.6 Å². The molecule has 0 aliphatic carbocycles. The molecule has 7 atom stereocenters. The summed E-state index contributed by atoms with van der Waals surface area (Å²) in [6.07, 6.45) is 2.57. The number of carboxylic acid groups (broad SMARTS) is 1. The fourth-order valence-corrected chi connectivity index (χ4v) is 9.60. The van der Waals surface area contributed by atoms with Crippen LogP contribution in [-0.2, 0) is 20.8 Å². The summed E-state index contributed by atoms with van der Waals surface area (Å²) in [7, 11) is 0.